The van der Waals surface area contributed by atoms with Crippen LogP contribution < -0.4 is 9.47 Å². The fourth-order valence-corrected chi connectivity index (χ4v) is 3.79. The van der Waals surface area contributed by atoms with Crippen molar-refractivity contribution in [3.05, 3.63) is 54.7 Å². The predicted molar refractivity (Wildman–Crippen MR) is 121 cm³/mol. The number of rotatable bonds is 4. The number of benzene rings is 2. The van der Waals surface area contributed by atoms with Gasteiger partial charge in [0.1, 0.15) is 5.75 Å². The minimum atomic E-state index is -0.521. The van der Waals surface area contributed by atoms with E-state index in [1.807, 2.05) is 30.3 Å². The van der Waals surface area contributed by atoms with E-state index in [4.69, 9.17) is 14.2 Å². The molecule has 1 aliphatic rings. The maximum atomic E-state index is 12.5. The lowest BCUT2D eigenvalue weighted by molar-refractivity contribution is 0.0413. The third-order valence-corrected chi connectivity index (χ3v) is 5.55. The molecule has 4 aromatic rings. The van der Waals surface area contributed by atoms with E-state index < -0.39 is 6.09 Å². The molecule has 9 nitrogen and oxygen atoms in total. The Labute approximate surface area is 189 Å². The lowest BCUT2D eigenvalue weighted by atomic mass is 10.0. The van der Waals surface area contributed by atoms with Crippen LogP contribution in [0, 0.1) is 0 Å². The third-order valence-electron chi connectivity index (χ3n) is 5.55. The molecule has 0 bridgehead atoms. The van der Waals surface area contributed by atoms with Gasteiger partial charge in [-0.15, -0.1) is 0 Å². The summed E-state index contributed by atoms with van der Waals surface area (Å²) in [6, 6.07) is 14.5. The predicted octanol–water partition coefficient (Wildman–Crippen LogP) is 3.84. The zero-order valence-corrected chi connectivity index (χ0v) is 17.9. The summed E-state index contributed by atoms with van der Waals surface area (Å²) < 4.78 is 16.2. The highest BCUT2D eigenvalue weighted by Crippen LogP contribution is 2.36. The molecule has 1 aliphatic heterocycles. The monoisotopic (exact) mass is 446 g/mol. The number of nitrogens with one attached hydrogen (secondary N) is 1. The van der Waals surface area contributed by atoms with Gasteiger partial charge < -0.3 is 24.2 Å². The molecule has 0 radical (unpaired) electrons. The van der Waals surface area contributed by atoms with E-state index in [0.29, 0.717) is 32.0 Å². The van der Waals surface area contributed by atoms with Crippen LogP contribution in [0.15, 0.2) is 54.7 Å². The van der Waals surface area contributed by atoms with E-state index in [0.717, 1.165) is 33.5 Å². The van der Waals surface area contributed by atoms with Crippen LogP contribution in [0.5, 0.6) is 17.2 Å². The van der Waals surface area contributed by atoms with Crippen molar-refractivity contribution in [3.63, 3.8) is 0 Å². The van der Waals surface area contributed by atoms with E-state index in [-0.39, 0.29) is 11.5 Å². The lowest BCUT2D eigenvalue weighted by Gasteiger charge is -2.26. The number of phenolic OH excluding ortho intramolecular Hbond substituents is 1. The van der Waals surface area contributed by atoms with Gasteiger partial charge in [0.2, 0.25) is 0 Å². The number of hydrogen-bond acceptors (Lipinski definition) is 7. The van der Waals surface area contributed by atoms with Gasteiger partial charge in [0, 0.05) is 35.8 Å². The van der Waals surface area contributed by atoms with Crippen molar-refractivity contribution in [3.8, 4) is 39.6 Å². The van der Waals surface area contributed by atoms with Crippen molar-refractivity contribution < 1.29 is 24.1 Å². The molecule has 1 amide bonds. The number of aromatic nitrogens is 3. The molecule has 5 rings (SSSR count). The van der Waals surface area contributed by atoms with Crippen LogP contribution in [-0.2, 0) is 4.74 Å². The van der Waals surface area contributed by atoms with Crippen molar-refractivity contribution in [2.75, 3.05) is 33.4 Å². The molecule has 33 heavy (non-hydrogen) atoms. The highest BCUT2D eigenvalue weighted by atomic mass is 16.6. The molecule has 0 atom stereocenters. The Morgan fingerprint density at radius 1 is 1.09 bits per heavy atom. The third kappa shape index (κ3) is 4.06. The molecule has 168 valence electrons. The maximum absolute atomic E-state index is 12.5. The molecule has 2 aromatic heterocycles. The summed E-state index contributed by atoms with van der Waals surface area (Å²) in [6.07, 6.45) is 1.17. The van der Waals surface area contributed by atoms with Crippen LogP contribution in [0.25, 0.3) is 33.4 Å². The number of hydrogen-bond donors (Lipinski definition) is 2. The number of pyridine rings is 1. The Balaban J connectivity index is 1.49. The van der Waals surface area contributed by atoms with Crippen LogP contribution >= 0.6 is 0 Å². The Kier molecular flexibility index (Phi) is 5.54. The van der Waals surface area contributed by atoms with E-state index >= 15 is 0 Å². The highest BCUT2D eigenvalue weighted by Gasteiger charge is 2.21. The number of aromatic amines is 1. The largest absolute Gasteiger partial charge is 0.504 e. The highest BCUT2D eigenvalue weighted by molar-refractivity contribution is 5.94. The second kappa shape index (κ2) is 8.79. The van der Waals surface area contributed by atoms with E-state index in [2.05, 4.69) is 15.2 Å². The second-order valence-electron chi connectivity index (χ2n) is 7.54. The minimum Gasteiger partial charge on any atom is -0.504 e. The SMILES string of the molecule is COc1ccccc1-c1[nH]nc2ncc(-c3ccc(O)c(OC(=O)N4CCOCC4)c3)cc12. The average Bonchev–Trinajstić information content (AvgIpc) is 3.29. The molecule has 0 unspecified atom stereocenters. The molecule has 1 saturated heterocycles. The van der Waals surface area contributed by atoms with Crippen LogP contribution in [0.3, 0.4) is 0 Å². The lowest BCUT2D eigenvalue weighted by Crippen LogP contribution is -2.42. The molecule has 3 heterocycles. The van der Waals surface area contributed by atoms with Gasteiger partial charge in [0.05, 0.1) is 26.0 Å². The normalized spacial score (nSPS) is 13.8. The number of morpholine rings is 1. The van der Waals surface area contributed by atoms with Crippen LogP contribution in [0.2, 0.25) is 0 Å². The summed E-state index contributed by atoms with van der Waals surface area (Å²) in [5, 5.41) is 18.4. The second-order valence-corrected chi connectivity index (χ2v) is 7.54. The number of nitrogens with zero attached hydrogens (tertiary/aromatic N) is 3. The zero-order chi connectivity index (χ0) is 22.8. The first-order chi connectivity index (χ1) is 16.1. The number of carbonyl (C=O) groups is 1. The number of carbonyl (C=O) groups excluding carboxylic acids is 1. The van der Waals surface area contributed by atoms with E-state index in [1.54, 1.807) is 30.3 Å². The maximum Gasteiger partial charge on any atom is 0.415 e. The number of ether oxygens (including phenoxy) is 3. The zero-order valence-electron chi connectivity index (χ0n) is 17.9. The summed E-state index contributed by atoms with van der Waals surface area (Å²) in [5.74, 6) is 0.684. The molecule has 2 aromatic carbocycles. The summed E-state index contributed by atoms with van der Waals surface area (Å²) in [7, 11) is 1.62. The number of amides is 1. The number of methoxy groups -OCH3 is 1. The fraction of sp³-hybridized carbons (Fsp3) is 0.208. The first kappa shape index (κ1) is 20.8. The summed E-state index contributed by atoms with van der Waals surface area (Å²) >= 11 is 0. The molecular weight excluding hydrogens is 424 g/mol. The van der Waals surface area contributed by atoms with Gasteiger partial charge in [-0.05, 0) is 35.9 Å². The topological polar surface area (TPSA) is 110 Å². The number of phenols is 1. The van der Waals surface area contributed by atoms with Crippen molar-refractivity contribution in [2.24, 2.45) is 0 Å². The molecule has 0 spiro atoms. The van der Waals surface area contributed by atoms with Crippen molar-refractivity contribution in [2.45, 2.75) is 0 Å². The summed E-state index contributed by atoms with van der Waals surface area (Å²) in [6.45, 7) is 1.83. The fourth-order valence-electron chi connectivity index (χ4n) is 3.79. The van der Waals surface area contributed by atoms with E-state index in [9.17, 15) is 9.90 Å². The first-order valence-corrected chi connectivity index (χ1v) is 10.5. The standard InChI is InChI=1S/C24H22N4O5/c1-31-20-5-3-2-4-17(20)22-18-12-16(14-25-23(18)27-26-22)15-6-7-19(29)21(13-15)33-24(30)28-8-10-32-11-9-28/h2-7,12-14,29H,8-11H2,1H3,(H,25,26,27). The van der Waals surface area contributed by atoms with Crippen LogP contribution in [0.1, 0.15) is 0 Å². The molecule has 9 heteroatoms. The van der Waals surface area contributed by atoms with Gasteiger partial charge >= 0.3 is 6.09 Å². The van der Waals surface area contributed by atoms with Crippen molar-refractivity contribution >= 4 is 17.1 Å². The van der Waals surface area contributed by atoms with Gasteiger partial charge in [0.25, 0.3) is 0 Å². The van der Waals surface area contributed by atoms with Crippen molar-refractivity contribution in [1.82, 2.24) is 20.1 Å². The van der Waals surface area contributed by atoms with Gasteiger partial charge in [-0.3, -0.25) is 5.10 Å². The quantitative estimate of drug-likeness (QED) is 0.490. The smallest absolute Gasteiger partial charge is 0.415 e. The Morgan fingerprint density at radius 2 is 1.91 bits per heavy atom. The molecular formula is C24H22N4O5. The molecule has 2 N–H and O–H groups in total. The van der Waals surface area contributed by atoms with Crippen molar-refractivity contribution in [1.29, 1.82) is 0 Å². The molecule has 0 aliphatic carbocycles. The van der Waals surface area contributed by atoms with Gasteiger partial charge in [0.15, 0.2) is 17.1 Å². The Hall–Kier alpha value is -4.11. The van der Waals surface area contributed by atoms with Gasteiger partial charge in [-0.1, -0.05) is 18.2 Å². The summed E-state index contributed by atoms with van der Waals surface area (Å²) in [5.41, 5.74) is 3.74. The van der Waals surface area contributed by atoms with Gasteiger partial charge in [-0.2, -0.15) is 5.10 Å². The molecule has 1 fully saturated rings. The number of para-hydroxylation sites is 1. The average molecular weight is 446 g/mol. The summed E-state index contributed by atoms with van der Waals surface area (Å²) in [4.78, 5) is 18.5. The van der Waals surface area contributed by atoms with Crippen LogP contribution in [0.4, 0.5) is 4.79 Å². The number of fused-ring (bicyclic) bond motifs is 1. The van der Waals surface area contributed by atoms with E-state index in [1.165, 1.54) is 6.07 Å². The molecule has 0 saturated carbocycles. The Morgan fingerprint density at radius 3 is 2.73 bits per heavy atom. The number of H-pyrrole nitrogens is 1. The Bertz CT molecular complexity index is 1310. The van der Waals surface area contributed by atoms with Gasteiger partial charge in [-0.25, -0.2) is 9.78 Å². The van der Waals surface area contributed by atoms with Crippen LogP contribution in [-0.4, -0.2) is 64.7 Å². The minimum absolute atomic E-state index is 0.0845. The number of aromatic hydroxyl groups is 1. The first-order valence-electron chi connectivity index (χ1n) is 10.5.